The third-order valence-corrected chi connectivity index (χ3v) is 7.95. The minimum atomic E-state index is -3.64. The number of hydrogen-bond donors (Lipinski definition) is 1. The largest absolute Gasteiger partial charge is 0.354 e. The van der Waals surface area contributed by atoms with Gasteiger partial charge in [-0.2, -0.15) is 4.31 Å². The lowest BCUT2D eigenvalue weighted by Crippen LogP contribution is -2.50. The quantitative estimate of drug-likeness (QED) is 0.537. The van der Waals surface area contributed by atoms with Crippen LogP contribution in [0.2, 0.25) is 0 Å². The van der Waals surface area contributed by atoms with Crippen molar-refractivity contribution >= 4 is 15.9 Å². The minimum absolute atomic E-state index is 0.0603. The number of rotatable bonds is 8. The van der Waals surface area contributed by atoms with Crippen LogP contribution in [0, 0.1) is 5.82 Å². The molecular formula is C26H28FN3O3S. The normalized spacial score (nSPS) is 15.4. The summed E-state index contributed by atoms with van der Waals surface area (Å²) in [5, 5.41) is 3.05. The average Bonchev–Trinajstić information content (AvgIpc) is 2.86. The molecule has 1 heterocycles. The van der Waals surface area contributed by atoms with Crippen molar-refractivity contribution in [3.63, 3.8) is 0 Å². The van der Waals surface area contributed by atoms with Gasteiger partial charge in [-0.15, -0.1) is 0 Å². The molecule has 3 aromatic carbocycles. The van der Waals surface area contributed by atoms with Crippen molar-refractivity contribution in [1.29, 1.82) is 0 Å². The van der Waals surface area contributed by atoms with Crippen molar-refractivity contribution < 1.29 is 17.6 Å². The van der Waals surface area contributed by atoms with Gasteiger partial charge < -0.3 is 5.32 Å². The predicted molar refractivity (Wildman–Crippen MR) is 129 cm³/mol. The Morgan fingerprint density at radius 1 is 0.824 bits per heavy atom. The summed E-state index contributed by atoms with van der Waals surface area (Å²) >= 11 is 0. The van der Waals surface area contributed by atoms with E-state index in [0.717, 1.165) is 23.3 Å². The van der Waals surface area contributed by atoms with Gasteiger partial charge in [0.25, 0.3) is 0 Å². The standard InChI is InChI=1S/C26H28FN3O3S/c27-23-11-13-24(14-12-23)34(32,33)30-19-17-29(18-20-30)16-15-28-26(31)25(21-7-3-1-4-8-21)22-9-5-2-6-10-22/h1-14,25H,15-20H2,(H,28,31). The van der Waals surface area contributed by atoms with Crippen molar-refractivity contribution in [3.05, 3.63) is 102 Å². The zero-order chi connectivity index (χ0) is 24.0. The number of benzene rings is 3. The smallest absolute Gasteiger partial charge is 0.243 e. The van der Waals surface area contributed by atoms with Crippen LogP contribution < -0.4 is 5.32 Å². The Kier molecular flexibility index (Phi) is 7.72. The zero-order valence-electron chi connectivity index (χ0n) is 18.8. The molecule has 1 N–H and O–H groups in total. The molecule has 0 aromatic heterocycles. The number of hydrogen-bond acceptors (Lipinski definition) is 4. The van der Waals surface area contributed by atoms with E-state index in [0.29, 0.717) is 39.3 Å². The third kappa shape index (κ3) is 5.70. The van der Waals surface area contributed by atoms with E-state index in [-0.39, 0.29) is 16.7 Å². The van der Waals surface area contributed by atoms with Crippen molar-refractivity contribution in [1.82, 2.24) is 14.5 Å². The molecule has 4 rings (SSSR count). The molecular weight excluding hydrogens is 453 g/mol. The Morgan fingerprint density at radius 3 is 1.88 bits per heavy atom. The number of amides is 1. The summed E-state index contributed by atoms with van der Waals surface area (Å²) < 4.78 is 40.1. The molecule has 8 heteroatoms. The molecule has 0 atom stereocenters. The highest BCUT2D eigenvalue weighted by Crippen LogP contribution is 2.24. The minimum Gasteiger partial charge on any atom is -0.354 e. The Morgan fingerprint density at radius 2 is 1.35 bits per heavy atom. The summed E-state index contributed by atoms with van der Waals surface area (Å²) in [4.78, 5) is 15.3. The van der Waals surface area contributed by atoms with Gasteiger partial charge >= 0.3 is 0 Å². The summed E-state index contributed by atoms with van der Waals surface area (Å²) in [5.74, 6) is -0.914. The fourth-order valence-electron chi connectivity index (χ4n) is 4.17. The Balaban J connectivity index is 1.31. The van der Waals surface area contributed by atoms with Crippen LogP contribution in [0.5, 0.6) is 0 Å². The maximum Gasteiger partial charge on any atom is 0.243 e. The zero-order valence-corrected chi connectivity index (χ0v) is 19.6. The number of carbonyl (C=O) groups is 1. The first kappa shape index (κ1) is 24.1. The average molecular weight is 482 g/mol. The lowest BCUT2D eigenvalue weighted by molar-refractivity contribution is -0.121. The molecule has 1 amide bonds. The molecule has 0 spiro atoms. The fraction of sp³-hybridized carbons (Fsp3) is 0.269. The van der Waals surface area contributed by atoms with Gasteiger partial charge in [0.2, 0.25) is 15.9 Å². The first-order valence-corrected chi connectivity index (χ1v) is 12.7. The topological polar surface area (TPSA) is 69.7 Å². The van der Waals surface area contributed by atoms with Crippen molar-refractivity contribution in [2.75, 3.05) is 39.3 Å². The Bertz CT molecular complexity index is 1140. The molecule has 34 heavy (non-hydrogen) atoms. The summed E-state index contributed by atoms with van der Waals surface area (Å²) in [5.41, 5.74) is 1.87. The van der Waals surface area contributed by atoms with Crippen LogP contribution in [0.15, 0.2) is 89.8 Å². The Labute approximate surface area is 200 Å². The van der Waals surface area contributed by atoms with E-state index in [1.807, 2.05) is 60.7 Å². The van der Waals surface area contributed by atoms with E-state index in [2.05, 4.69) is 10.2 Å². The summed E-state index contributed by atoms with van der Waals surface area (Å²) in [6.07, 6.45) is 0. The van der Waals surface area contributed by atoms with Crippen LogP contribution >= 0.6 is 0 Å². The first-order chi connectivity index (χ1) is 16.4. The van der Waals surface area contributed by atoms with Gasteiger partial charge in [-0.25, -0.2) is 12.8 Å². The second-order valence-corrected chi connectivity index (χ2v) is 10.2. The highest BCUT2D eigenvalue weighted by Gasteiger charge is 2.28. The summed E-state index contributed by atoms with van der Waals surface area (Å²) in [7, 11) is -3.64. The number of nitrogens with zero attached hydrogens (tertiary/aromatic N) is 2. The molecule has 6 nitrogen and oxygen atoms in total. The van der Waals surface area contributed by atoms with E-state index in [4.69, 9.17) is 0 Å². The molecule has 1 saturated heterocycles. The molecule has 178 valence electrons. The van der Waals surface area contributed by atoms with E-state index in [9.17, 15) is 17.6 Å². The second kappa shape index (κ2) is 10.9. The highest BCUT2D eigenvalue weighted by atomic mass is 32.2. The maximum atomic E-state index is 13.1. The van der Waals surface area contributed by atoms with Crippen LogP contribution in [0.1, 0.15) is 17.0 Å². The lowest BCUT2D eigenvalue weighted by Gasteiger charge is -2.34. The number of piperazine rings is 1. The molecule has 1 aliphatic heterocycles. The van der Waals surface area contributed by atoms with Crippen LogP contribution in [0.25, 0.3) is 0 Å². The molecule has 0 bridgehead atoms. The van der Waals surface area contributed by atoms with Gasteiger partial charge in [0, 0.05) is 39.3 Å². The van der Waals surface area contributed by atoms with Crippen LogP contribution in [0.3, 0.4) is 0 Å². The van der Waals surface area contributed by atoms with Crippen molar-refractivity contribution in [3.8, 4) is 0 Å². The monoisotopic (exact) mass is 481 g/mol. The number of nitrogens with one attached hydrogen (secondary N) is 1. The van der Waals surface area contributed by atoms with Gasteiger partial charge in [0.05, 0.1) is 10.8 Å². The number of halogens is 1. The van der Waals surface area contributed by atoms with E-state index >= 15 is 0 Å². The number of sulfonamides is 1. The molecule has 0 saturated carbocycles. The first-order valence-electron chi connectivity index (χ1n) is 11.3. The van der Waals surface area contributed by atoms with Crippen LogP contribution in [-0.4, -0.2) is 62.8 Å². The van der Waals surface area contributed by atoms with Gasteiger partial charge in [0.15, 0.2) is 0 Å². The lowest BCUT2D eigenvalue weighted by atomic mass is 9.90. The van der Waals surface area contributed by atoms with E-state index in [1.54, 1.807) is 0 Å². The second-order valence-electron chi connectivity index (χ2n) is 8.25. The molecule has 3 aromatic rings. The fourth-order valence-corrected chi connectivity index (χ4v) is 5.60. The highest BCUT2D eigenvalue weighted by molar-refractivity contribution is 7.89. The summed E-state index contributed by atoms with van der Waals surface area (Å²) in [6, 6.07) is 24.3. The van der Waals surface area contributed by atoms with E-state index in [1.165, 1.54) is 16.4 Å². The molecule has 0 unspecified atom stereocenters. The van der Waals surface area contributed by atoms with Gasteiger partial charge in [-0.3, -0.25) is 9.69 Å². The molecule has 1 aliphatic rings. The van der Waals surface area contributed by atoms with Gasteiger partial charge in [-0.05, 0) is 35.4 Å². The maximum absolute atomic E-state index is 13.1. The number of carbonyl (C=O) groups excluding carboxylic acids is 1. The van der Waals surface area contributed by atoms with Gasteiger partial charge in [0.1, 0.15) is 5.82 Å². The molecule has 0 radical (unpaired) electrons. The van der Waals surface area contributed by atoms with Crippen molar-refractivity contribution in [2.24, 2.45) is 0 Å². The van der Waals surface area contributed by atoms with Crippen LogP contribution in [-0.2, 0) is 14.8 Å². The third-order valence-electron chi connectivity index (χ3n) is 6.04. The van der Waals surface area contributed by atoms with Gasteiger partial charge in [-0.1, -0.05) is 60.7 Å². The predicted octanol–water partition coefficient (Wildman–Crippen LogP) is 3.08. The molecule has 1 fully saturated rings. The van der Waals surface area contributed by atoms with E-state index < -0.39 is 15.8 Å². The van der Waals surface area contributed by atoms with Crippen molar-refractivity contribution in [2.45, 2.75) is 10.8 Å². The SMILES string of the molecule is O=C(NCCN1CCN(S(=O)(=O)c2ccc(F)cc2)CC1)C(c1ccccc1)c1ccccc1. The Hall–Kier alpha value is -3.07. The van der Waals surface area contributed by atoms with Crippen LogP contribution in [0.4, 0.5) is 4.39 Å². The molecule has 0 aliphatic carbocycles. The summed E-state index contributed by atoms with van der Waals surface area (Å²) in [6.45, 7) is 2.94.